The Hall–Kier alpha value is 0.0697. The van der Waals surface area contributed by atoms with Crippen molar-refractivity contribution in [2.75, 3.05) is 6.54 Å². The molecule has 0 aliphatic heterocycles. The van der Waals surface area contributed by atoms with Gasteiger partial charge in [-0.2, -0.15) is 0 Å². The number of nitrogens with one attached hydrogen (secondary N) is 2. The van der Waals surface area contributed by atoms with Gasteiger partial charge in [-0.3, -0.25) is 10.2 Å². The molecular formula is C6H19CaN4O6P. The van der Waals surface area contributed by atoms with Crippen molar-refractivity contribution in [1.82, 2.24) is 5.32 Å². The summed E-state index contributed by atoms with van der Waals surface area (Å²) >= 11 is 0. The number of rotatable bonds is 5. The van der Waals surface area contributed by atoms with Crippen LogP contribution < -0.4 is 16.8 Å². The van der Waals surface area contributed by atoms with E-state index in [9.17, 15) is 4.79 Å². The van der Waals surface area contributed by atoms with Crippen LogP contribution >= 0.6 is 7.82 Å². The Morgan fingerprint density at radius 3 is 2.06 bits per heavy atom. The summed E-state index contributed by atoms with van der Waals surface area (Å²) < 4.78 is 8.88. The molecule has 12 heteroatoms. The molecule has 0 heterocycles. The zero-order valence-corrected chi connectivity index (χ0v) is 9.80. The normalized spacial score (nSPS) is 11.3. The van der Waals surface area contributed by atoms with E-state index >= 15 is 0 Å². The minimum atomic E-state index is -4.64. The van der Waals surface area contributed by atoms with Crippen LogP contribution in [0.4, 0.5) is 0 Å². The van der Waals surface area contributed by atoms with Crippen molar-refractivity contribution < 1.29 is 29.1 Å². The molecule has 0 bridgehead atoms. The van der Waals surface area contributed by atoms with Crippen LogP contribution in [0, 0.1) is 5.41 Å². The van der Waals surface area contributed by atoms with Crippen LogP contribution in [-0.2, 0) is 9.36 Å². The van der Waals surface area contributed by atoms with Gasteiger partial charge in [0.2, 0.25) is 0 Å². The van der Waals surface area contributed by atoms with Crippen molar-refractivity contribution >= 4 is 57.5 Å². The zero-order chi connectivity index (χ0) is 14.1. The molecule has 0 saturated heterocycles. The molecule has 0 amide bonds. The summed E-state index contributed by atoms with van der Waals surface area (Å²) in [4.78, 5) is 31.8. The monoisotopic (exact) mass is 314 g/mol. The number of hydrogen-bond acceptors (Lipinski definition) is 4. The van der Waals surface area contributed by atoms with Crippen LogP contribution in [0.1, 0.15) is 12.8 Å². The quantitative estimate of drug-likeness (QED) is 0.0845. The average molecular weight is 314 g/mol. The molecule has 0 radical (unpaired) electrons. The molecule has 0 fully saturated rings. The van der Waals surface area contributed by atoms with Crippen molar-refractivity contribution in [3.63, 3.8) is 0 Å². The third-order valence-corrected chi connectivity index (χ3v) is 1.32. The van der Waals surface area contributed by atoms with Gasteiger partial charge in [-0.05, 0) is 12.8 Å². The Balaban J connectivity index is -0.000000321. The van der Waals surface area contributed by atoms with Crippen molar-refractivity contribution in [3.05, 3.63) is 0 Å². The number of carbonyl (C=O) groups is 1. The van der Waals surface area contributed by atoms with Gasteiger partial charge in [-0.25, -0.2) is 4.57 Å². The molecular weight excluding hydrogens is 295 g/mol. The van der Waals surface area contributed by atoms with Gasteiger partial charge in [0.05, 0.1) is 0 Å². The number of nitrogens with two attached hydrogens (primary N) is 2. The average Bonchev–Trinajstić information content (AvgIpc) is 2.08. The zero-order valence-electron chi connectivity index (χ0n) is 8.91. The molecule has 10 N–H and O–H groups in total. The second-order valence-corrected chi connectivity index (χ2v) is 3.97. The van der Waals surface area contributed by atoms with Crippen LogP contribution in [0.5, 0.6) is 0 Å². The van der Waals surface area contributed by atoms with Gasteiger partial charge < -0.3 is 36.6 Å². The summed E-state index contributed by atoms with van der Waals surface area (Å²) in [7, 11) is -4.64. The first-order valence-corrected chi connectivity index (χ1v) is 5.95. The Morgan fingerprint density at radius 2 is 1.78 bits per heavy atom. The van der Waals surface area contributed by atoms with E-state index in [4.69, 9.17) is 41.2 Å². The third-order valence-electron chi connectivity index (χ3n) is 1.32. The number of carboxylic acids is 1. The fourth-order valence-electron chi connectivity index (χ4n) is 0.669. The van der Waals surface area contributed by atoms with E-state index in [1.165, 1.54) is 0 Å². The molecule has 106 valence electrons. The Kier molecular flexibility index (Phi) is 15.6. The van der Waals surface area contributed by atoms with Gasteiger partial charge in [0, 0.05) is 6.54 Å². The van der Waals surface area contributed by atoms with Crippen LogP contribution in [0.2, 0.25) is 0 Å². The SMILES string of the molecule is N=C(N)NCCCC(N)C(=O)O.O=P(O)(O)O.[CaH2]. The fourth-order valence-corrected chi connectivity index (χ4v) is 0.669. The predicted octanol–water partition coefficient (Wildman–Crippen LogP) is -3.18. The fraction of sp³-hybridized carbons (Fsp3) is 0.667. The molecule has 0 rings (SSSR count). The van der Waals surface area contributed by atoms with E-state index in [0.29, 0.717) is 19.4 Å². The first-order chi connectivity index (χ1) is 7.54. The number of guanidine groups is 1. The molecule has 0 aromatic rings. The Labute approximate surface area is 133 Å². The third kappa shape index (κ3) is 29.8. The van der Waals surface area contributed by atoms with Crippen LogP contribution in [0.15, 0.2) is 0 Å². The number of carboxylic acid groups (broad SMARTS) is 1. The Bertz CT molecular complexity index is 290. The van der Waals surface area contributed by atoms with Crippen molar-refractivity contribution in [3.8, 4) is 0 Å². The van der Waals surface area contributed by atoms with Gasteiger partial charge >= 0.3 is 51.5 Å². The van der Waals surface area contributed by atoms with Crippen LogP contribution in [-0.4, -0.2) is 82.0 Å². The summed E-state index contributed by atoms with van der Waals surface area (Å²) in [5, 5.41) is 17.7. The van der Waals surface area contributed by atoms with Gasteiger partial charge in [0.15, 0.2) is 5.96 Å². The summed E-state index contributed by atoms with van der Waals surface area (Å²) in [5.41, 5.74) is 10.2. The summed E-state index contributed by atoms with van der Waals surface area (Å²) in [6.45, 7) is 0.482. The van der Waals surface area contributed by atoms with Gasteiger partial charge in [-0.15, -0.1) is 0 Å². The van der Waals surface area contributed by atoms with Crippen LogP contribution in [0.25, 0.3) is 0 Å². The number of aliphatic carboxylic acids is 1. The van der Waals surface area contributed by atoms with Gasteiger partial charge in [-0.1, -0.05) is 0 Å². The molecule has 1 atom stereocenters. The molecule has 1 unspecified atom stereocenters. The summed E-state index contributed by atoms with van der Waals surface area (Å²) in [6.07, 6.45) is 0.975. The second-order valence-electron chi connectivity index (χ2n) is 2.94. The molecule has 0 aromatic carbocycles. The molecule has 0 spiro atoms. The van der Waals surface area contributed by atoms with E-state index in [1.54, 1.807) is 0 Å². The predicted molar refractivity (Wildman–Crippen MR) is 67.6 cm³/mol. The van der Waals surface area contributed by atoms with Gasteiger partial charge in [0.25, 0.3) is 0 Å². The molecule has 0 saturated carbocycles. The second kappa shape index (κ2) is 12.1. The number of phosphoric acid groups is 1. The summed E-state index contributed by atoms with van der Waals surface area (Å²) in [6, 6.07) is -0.821. The topological polar surface area (TPSA) is 203 Å². The minimum absolute atomic E-state index is 0. The molecule has 10 nitrogen and oxygen atoms in total. The first-order valence-electron chi connectivity index (χ1n) is 4.38. The molecule has 0 aliphatic rings. The first kappa shape index (κ1) is 23.2. The van der Waals surface area contributed by atoms with E-state index in [-0.39, 0.29) is 43.7 Å². The maximum absolute atomic E-state index is 10.2. The van der Waals surface area contributed by atoms with Crippen molar-refractivity contribution in [1.29, 1.82) is 5.41 Å². The maximum atomic E-state index is 10.2. The van der Waals surface area contributed by atoms with Crippen molar-refractivity contribution in [2.45, 2.75) is 18.9 Å². The molecule has 18 heavy (non-hydrogen) atoms. The standard InChI is InChI=1S/C6H14N4O2.Ca.H3O4P.2H/c7-4(5(11)12)2-1-3-10-6(8)9;;1-5(2,3)4;;/h4H,1-3,7H2,(H,11,12)(H4,8,9,10);;(H3,1,2,3,4);;. The van der Waals surface area contributed by atoms with E-state index in [2.05, 4.69) is 5.32 Å². The van der Waals surface area contributed by atoms with E-state index < -0.39 is 19.8 Å². The van der Waals surface area contributed by atoms with Gasteiger partial charge in [0.1, 0.15) is 6.04 Å². The molecule has 0 aromatic heterocycles. The van der Waals surface area contributed by atoms with E-state index in [0.717, 1.165) is 0 Å². The Morgan fingerprint density at radius 1 is 1.39 bits per heavy atom. The molecule has 0 aliphatic carbocycles. The van der Waals surface area contributed by atoms with E-state index in [1.807, 2.05) is 0 Å². The van der Waals surface area contributed by atoms with Crippen molar-refractivity contribution in [2.24, 2.45) is 11.5 Å². The number of hydrogen-bond donors (Lipinski definition) is 8. The summed E-state index contributed by atoms with van der Waals surface area (Å²) in [5.74, 6) is -1.11. The van der Waals surface area contributed by atoms with Crippen LogP contribution in [0.3, 0.4) is 0 Å².